The van der Waals surface area contributed by atoms with E-state index in [4.69, 9.17) is 0 Å². The van der Waals surface area contributed by atoms with Crippen molar-refractivity contribution in [1.29, 1.82) is 0 Å². The Labute approximate surface area is 93.4 Å². The summed E-state index contributed by atoms with van der Waals surface area (Å²) in [5.74, 6) is 0.0381. The molecule has 0 saturated heterocycles. The van der Waals surface area contributed by atoms with E-state index in [1.165, 1.54) is 0 Å². The first-order chi connectivity index (χ1) is 7.56. The zero-order valence-electron chi connectivity index (χ0n) is 9.11. The van der Waals surface area contributed by atoms with Crippen molar-refractivity contribution >= 4 is 11.6 Å². The third kappa shape index (κ3) is 1.64. The van der Waals surface area contributed by atoms with Crippen LogP contribution in [0.4, 0.5) is 0 Å². The number of carbonyl (C=O) groups is 2. The summed E-state index contributed by atoms with van der Waals surface area (Å²) in [6, 6.07) is -0.562. The minimum Gasteiger partial charge on any atom is -0.299 e. The second-order valence-corrected chi connectivity index (χ2v) is 4.80. The molecule has 2 rings (SSSR count). The van der Waals surface area contributed by atoms with Crippen molar-refractivity contribution in [3.63, 3.8) is 0 Å². The van der Waals surface area contributed by atoms with E-state index in [-0.39, 0.29) is 16.5 Å². The molecule has 2 saturated carbocycles. The van der Waals surface area contributed by atoms with Gasteiger partial charge >= 0.3 is 0 Å². The molecule has 0 heterocycles. The smallest absolute Gasteiger partial charge is 0.213 e. The van der Waals surface area contributed by atoms with Crippen molar-refractivity contribution in [2.45, 2.75) is 51.0 Å². The van der Waals surface area contributed by atoms with Gasteiger partial charge in [-0.3, -0.25) is 19.7 Å². The number of hydrogen-bond donors (Lipinski definition) is 0. The van der Waals surface area contributed by atoms with Crippen LogP contribution in [0.5, 0.6) is 0 Å². The van der Waals surface area contributed by atoms with E-state index in [1.54, 1.807) is 0 Å². The molecule has 0 aliphatic heterocycles. The maximum atomic E-state index is 11.9. The Morgan fingerprint density at radius 2 is 1.62 bits per heavy atom. The van der Waals surface area contributed by atoms with Crippen LogP contribution in [-0.4, -0.2) is 22.5 Å². The summed E-state index contributed by atoms with van der Waals surface area (Å²) in [7, 11) is 0. The molecule has 1 spiro atoms. The molecule has 0 aromatic heterocycles. The van der Waals surface area contributed by atoms with Crippen LogP contribution in [0.15, 0.2) is 0 Å². The van der Waals surface area contributed by atoms with Crippen LogP contribution >= 0.6 is 0 Å². The highest BCUT2D eigenvalue weighted by Crippen LogP contribution is 2.43. The topological polar surface area (TPSA) is 77.3 Å². The van der Waals surface area contributed by atoms with E-state index in [0.717, 1.165) is 0 Å². The van der Waals surface area contributed by atoms with Crippen LogP contribution < -0.4 is 0 Å². The van der Waals surface area contributed by atoms with E-state index in [9.17, 15) is 19.7 Å². The second kappa shape index (κ2) is 3.96. The first kappa shape index (κ1) is 11.2. The van der Waals surface area contributed by atoms with E-state index in [2.05, 4.69) is 0 Å². The zero-order chi connectivity index (χ0) is 11.8. The van der Waals surface area contributed by atoms with Gasteiger partial charge in [0.05, 0.1) is 5.41 Å². The number of rotatable bonds is 1. The fourth-order valence-corrected chi connectivity index (χ4v) is 2.91. The van der Waals surface area contributed by atoms with Gasteiger partial charge in [0.25, 0.3) is 0 Å². The molecule has 2 fully saturated rings. The van der Waals surface area contributed by atoms with Crippen LogP contribution in [0.25, 0.3) is 0 Å². The Hall–Kier alpha value is -1.26. The van der Waals surface area contributed by atoms with Crippen molar-refractivity contribution < 1.29 is 14.5 Å². The standard InChI is InChI=1S/C11H15NO4/c13-9-2-1-3-10(14)11(9)6-4-8(5-7-11)12(15)16/h8H,1-7H2. The van der Waals surface area contributed by atoms with Gasteiger partial charge in [-0.25, -0.2) is 0 Å². The van der Waals surface area contributed by atoms with Crippen LogP contribution in [0.2, 0.25) is 0 Å². The van der Waals surface area contributed by atoms with Gasteiger partial charge in [0, 0.05) is 30.6 Å². The lowest BCUT2D eigenvalue weighted by Gasteiger charge is -2.37. The highest BCUT2D eigenvalue weighted by atomic mass is 16.6. The first-order valence-corrected chi connectivity index (χ1v) is 5.76. The Kier molecular flexibility index (Phi) is 2.78. The molecule has 0 amide bonds. The quantitative estimate of drug-likeness (QED) is 0.385. The molecular formula is C11H15NO4. The van der Waals surface area contributed by atoms with Gasteiger partial charge in [-0.2, -0.15) is 0 Å². The average molecular weight is 225 g/mol. The molecule has 16 heavy (non-hydrogen) atoms. The summed E-state index contributed by atoms with van der Waals surface area (Å²) >= 11 is 0. The van der Waals surface area contributed by atoms with Gasteiger partial charge in [-0.15, -0.1) is 0 Å². The number of carbonyl (C=O) groups excluding carboxylic acids is 2. The van der Waals surface area contributed by atoms with Crippen LogP contribution in [-0.2, 0) is 9.59 Å². The Balaban J connectivity index is 2.13. The third-order valence-electron chi connectivity index (χ3n) is 3.98. The Morgan fingerprint density at radius 3 is 2.06 bits per heavy atom. The maximum Gasteiger partial charge on any atom is 0.213 e. The minimum absolute atomic E-state index is 0.0190. The van der Waals surface area contributed by atoms with Gasteiger partial charge in [-0.05, 0) is 19.3 Å². The molecule has 5 heteroatoms. The molecule has 5 nitrogen and oxygen atoms in total. The highest BCUT2D eigenvalue weighted by molar-refractivity contribution is 6.08. The minimum atomic E-state index is -0.842. The lowest BCUT2D eigenvalue weighted by molar-refractivity contribution is -0.527. The number of hydrogen-bond acceptors (Lipinski definition) is 4. The average Bonchev–Trinajstić information content (AvgIpc) is 2.27. The van der Waals surface area contributed by atoms with Gasteiger partial charge in [0.1, 0.15) is 11.6 Å². The lowest BCUT2D eigenvalue weighted by atomic mass is 9.63. The molecule has 0 unspecified atom stereocenters. The molecule has 0 radical (unpaired) electrons. The maximum absolute atomic E-state index is 11.9. The number of nitrogens with zero attached hydrogens (tertiary/aromatic N) is 1. The molecular weight excluding hydrogens is 210 g/mol. The molecule has 0 aromatic rings. The number of Topliss-reactive ketones (excluding diaryl/α,β-unsaturated/α-hetero) is 2. The third-order valence-corrected chi connectivity index (χ3v) is 3.98. The van der Waals surface area contributed by atoms with Crippen molar-refractivity contribution in [3.05, 3.63) is 10.1 Å². The van der Waals surface area contributed by atoms with Crippen LogP contribution in [0, 0.1) is 15.5 Å². The van der Waals surface area contributed by atoms with Gasteiger partial charge in [0.2, 0.25) is 6.04 Å². The molecule has 2 aliphatic rings. The largest absolute Gasteiger partial charge is 0.299 e. The normalized spacial score (nSPS) is 26.0. The Bertz CT molecular complexity index is 324. The van der Waals surface area contributed by atoms with Crippen molar-refractivity contribution in [2.75, 3.05) is 0 Å². The Morgan fingerprint density at radius 1 is 1.12 bits per heavy atom. The number of ketones is 2. The van der Waals surface area contributed by atoms with Gasteiger partial charge < -0.3 is 0 Å². The zero-order valence-corrected chi connectivity index (χ0v) is 9.11. The summed E-state index contributed by atoms with van der Waals surface area (Å²) in [6.07, 6.45) is 3.09. The lowest BCUT2D eigenvalue weighted by Crippen LogP contribution is -2.46. The van der Waals surface area contributed by atoms with Crippen molar-refractivity contribution in [2.24, 2.45) is 5.41 Å². The summed E-state index contributed by atoms with van der Waals surface area (Å²) in [4.78, 5) is 34.1. The van der Waals surface area contributed by atoms with Crippen molar-refractivity contribution in [1.82, 2.24) is 0 Å². The molecule has 0 N–H and O–H groups in total. The molecule has 2 aliphatic carbocycles. The van der Waals surface area contributed by atoms with E-state index in [1.807, 2.05) is 0 Å². The predicted molar refractivity (Wildman–Crippen MR) is 55.5 cm³/mol. The second-order valence-electron chi connectivity index (χ2n) is 4.80. The van der Waals surface area contributed by atoms with Crippen LogP contribution in [0.1, 0.15) is 44.9 Å². The monoisotopic (exact) mass is 225 g/mol. The number of nitro groups is 1. The van der Waals surface area contributed by atoms with Gasteiger partial charge in [-0.1, -0.05) is 0 Å². The highest BCUT2D eigenvalue weighted by Gasteiger charge is 2.50. The van der Waals surface area contributed by atoms with E-state index >= 15 is 0 Å². The van der Waals surface area contributed by atoms with E-state index in [0.29, 0.717) is 44.9 Å². The van der Waals surface area contributed by atoms with Crippen molar-refractivity contribution in [3.8, 4) is 0 Å². The SMILES string of the molecule is O=C1CCCC(=O)C12CCC([N+](=O)[O-])CC2. The molecule has 0 bridgehead atoms. The molecule has 0 aromatic carbocycles. The summed E-state index contributed by atoms with van der Waals surface area (Å²) in [5, 5.41) is 10.6. The fourth-order valence-electron chi connectivity index (χ4n) is 2.91. The van der Waals surface area contributed by atoms with E-state index < -0.39 is 11.5 Å². The molecule has 88 valence electrons. The summed E-state index contributed by atoms with van der Waals surface area (Å²) in [6.45, 7) is 0. The van der Waals surface area contributed by atoms with Crippen LogP contribution in [0.3, 0.4) is 0 Å². The summed E-state index contributed by atoms with van der Waals surface area (Å²) in [5.41, 5.74) is -0.842. The summed E-state index contributed by atoms with van der Waals surface area (Å²) < 4.78 is 0. The predicted octanol–water partition coefficient (Wildman–Crippen LogP) is 1.51. The first-order valence-electron chi connectivity index (χ1n) is 5.76. The fraction of sp³-hybridized carbons (Fsp3) is 0.818. The molecule has 0 atom stereocenters. The van der Waals surface area contributed by atoms with Gasteiger partial charge in [0.15, 0.2) is 0 Å².